The number of carbonyl (C=O) groups is 2. The molecule has 2 aromatic rings. The number of carbonyl (C=O) groups excluding carboxylic acids is 2. The van der Waals surface area contributed by atoms with Gasteiger partial charge < -0.3 is 10.2 Å². The first-order chi connectivity index (χ1) is 13.4. The zero-order chi connectivity index (χ0) is 21.9. The molecule has 1 N–H and O–H groups in total. The number of hydrogen-bond acceptors (Lipinski definition) is 6. The van der Waals surface area contributed by atoms with Crippen LogP contribution in [0.5, 0.6) is 0 Å². The second kappa shape index (κ2) is 8.39. The Kier molecular flexibility index (Phi) is 6.38. The first kappa shape index (κ1) is 22.0. The fraction of sp³-hybridized carbons (Fsp3) is 0.263. The van der Waals surface area contributed by atoms with Crippen LogP contribution in [0, 0.1) is 24.0 Å². The molecule has 0 aliphatic carbocycles. The maximum atomic E-state index is 12.6. The van der Waals surface area contributed by atoms with E-state index < -0.39 is 37.2 Å². The number of nitro groups is 1. The summed E-state index contributed by atoms with van der Waals surface area (Å²) in [7, 11) is -2.46. The summed E-state index contributed by atoms with van der Waals surface area (Å²) < 4.78 is 23.4. The third-order valence-electron chi connectivity index (χ3n) is 4.20. The number of hydrogen-bond donors (Lipinski definition) is 1. The maximum Gasteiger partial charge on any atom is 0.288 e. The van der Waals surface area contributed by atoms with Crippen LogP contribution in [-0.2, 0) is 14.6 Å². The summed E-state index contributed by atoms with van der Waals surface area (Å²) in [6, 6.07) is 8.69. The SMILES string of the molecule is Cc1ccc(C)c(NC(=O)CN(C)C(=O)c2ccc(S(C)(=O)=O)c([N+](=O)[O-])c2)c1. The molecule has 0 aromatic heterocycles. The lowest BCUT2D eigenvalue weighted by Crippen LogP contribution is -2.35. The number of anilines is 1. The van der Waals surface area contributed by atoms with Crippen molar-refractivity contribution < 1.29 is 22.9 Å². The van der Waals surface area contributed by atoms with E-state index in [0.29, 0.717) is 5.69 Å². The Hall–Kier alpha value is -3.27. The average Bonchev–Trinajstić information content (AvgIpc) is 2.62. The predicted molar refractivity (Wildman–Crippen MR) is 108 cm³/mol. The van der Waals surface area contributed by atoms with E-state index in [-0.39, 0.29) is 12.1 Å². The lowest BCUT2D eigenvalue weighted by molar-refractivity contribution is -0.387. The Labute approximate surface area is 168 Å². The molecule has 0 saturated carbocycles. The Morgan fingerprint density at radius 2 is 1.79 bits per heavy atom. The van der Waals surface area contributed by atoms with Crippen molar-refractivity contribution in [3.05, 3.63) is 63.2 Å². The Balaban J connectivity index is 2.19. The molecular formula is C19H21N3O6S. The molecule has 0 unspecified atom stereocenters. The number of amides is 2. The highest BCUT2D eigenvalue weighted by Gasteiger charge is 2.25. The molecule has 2 rings (SSSR count). The lowest BCUT2D eigenvalue weighted by Gasteiger charge is -2.18. The predicted octanol–water partition coefficient (Wildman–Crippen LogP) is 2.33. The van der Waals surface area contributed by atoms with Crippen molar-refractivity contribution in [2.45, 2.75) is 18.7 Å². The second-order valence-electron chi connectivity index (χ2n) is 6.74. The van der Waals surface area contributed by atoms with Gasteiger partial charge in [0, 0.05) is 30.6 Å². The molecule has 2 amide bonds. The van der Waals surface area contributed by atoms with Gasteiger partial charge in [-0.05, 0) is 43.2 Å². The van der Waals surface area contributed by atoms with Gasteiger partial charge in [0.05, 0.1) is 11.5 Å². The summed E-state index contributed by atoms with van der Waals surface area (Å²) in [6.07, 6.45) is 0.848. The highest BCUT2D eigenvalue weighted by atomic mass is 32.2. The molecule has 9 nitrogen and oxygen atoms in total. The molecule has 10 heteroatoms. The quantitative estimate of drug-likeness (QED) is 0.565. The molecule has 0 aliphatic rings. The number of likely N-dealkylation sites (N-methyl/N-ethyl adjacent to an activating group) is 1. The van der Waals surface area contributed by atoms with Gasteiger partial charge in [-0.2, -0.15) is 0 Å². The molecule has 0 aliphatic heterocycles. The van der Waals surface area contributed by atoms with E-state index in [0.717, 1.165) is 34.4 Å². The van der Waals surface area contributed by atoms with E-state index in [9.17, 15) is 28.1 Å². The molecule has 0 bridgehead atoms. The Morgan fingerprint density at radius 1 is 1.14 bits per heavy atom. The second-order valence-corrected chi connectivity index (χ2v) is 8.72. The van der Waals surface area contributed by atoms with E-state index in [2.05, 4.69) is 5.32 Å². The minimum atomic E-state index is -3.83. The van der Waals surface area contributed by atoms with Crippen LogP contribution in [-0.4, -0.2) is 49.9 Å². The molecule has 29 heavy (non-hydrogen) atoms. The summed E-state index contributed by atoms with van der Waals surface area (Å²) in [5.74, 6) is -1.08. The molecule has 0 fully saturated rings. The van der Waals surface area contributed by atoms with Crippen molar-refractivity contribution in [2.75, 3.05) is 25.2 Å². The average molecular weight is 419 g/mol. The van der Waals surface area contributed by atoms with Crippen LogP contribution < -0.4 is 5.32 Å². The van der Waals surface area contributed by atoms with Gasteiger partial charge in [-0.3, -0.25) is 19.7 Å². The fourth-order valence-corrected chi connectivity index (χ4v) is 3.50. The van der Waals surface area contributed by atoms with E-state index in [4.69, 9.17) is 0 Å². The van der Waals surface area contributed by atoms with Crippen LogP contribution in [0.15, 0.2) is 41.3 Å². The normalized spacial score (nSPS) is 11.0. The number of nitro benzene ring substituents is 1. The number of aryl methyl sites for hydroxylation is 2. The van der Waals surface area contributed by atoms with Crippen LogP contribution in [0.4, 0.5) is 11.4 Å². The van der Waals surface area contributed by atoms with Crippen molar-refractivity contribution >= 4 is 33.0 Å². The molecule has 2 aromatic carbocycles. The smallest absolute Gasteiger partial charge is 0.288 e. The standard InChI is InChI=1S/C19H21N3O6S/c1-12-5-6-13(2)15(9-12)20-18(23)11-21(3)19(24)14-7-8-17(29(4,27)28)16(10-14)22(25)26/h5-10H,11H2,1-4H3,(H,20,23). The Bertz CT molecular complexity index is 1100. The molecule has 0 saturated heterocycles. The molecular weight excluding hydrogens is 398 g/mol. The first-order valence-electron chi connectivity index (χ1n) is 8.51. The number of nitrogens with one attached hydrogen (secondary N) is 1. The fourth-order valence-electron chi connectivity index (χ4n) is 2.67. The van der Waals surface area contributed by atoms with Crippen molar-refractivity contribution in [2.24, 2.45) is 0 Å². The number of sulfone groups is 1. The lowest BCUT2D eigenvalue weighted by atomic mass is 10.1. The van der Waals surface area contributed by atoms with Gasteiger partial charge in [0.1, 0.15) is 4.90 Å². The first-order valence-corrected chi connectivity index (χ1v) is 10.4. The van der Waals surface area contributed by atoms with Crippen LogP contribution >= 0.6 is 0 Å². The summed E-state index contributed by atoms with van der Waals surface area (Å²) >= 11 is 0. The Morgan fingerprint density at radius 3 is 2.38 bits per heavy atom. The largest absolute Gasteiger partial charge is 0.332 e. The van der Waals surface area contributed by atoms with Crippen molar-refractivity contribution in [1.82, 2.24) is 4.90 Å². The summed E-state index contributed by atoms with van der Waals surface area (Å²) in [4.78, 5) is 35.8. The summed E-state index contributed by atoms with van der Waals surface area (Å²) in [6.45, 7) is 3.44. The molecule has 0 spiro atoms. The van der Waals surface area contributed by atoms with Gasteiger partial charge in [0.15, 0.2) is 9.84 Å². The third-order valence-corrected chi connectivity index (χ3v) is 5.34. The molecule has 0 radical (unpaired) electrons. The zero-order valence-corrected chi connectivity index (χ0v) is 17.2. The molecule has 0 heterocycles. The number of nitrogens with zero attached hydrogens (tertiary/aromatic N) is 2. The van der Waals surface area contributed by atoms with E-state index in [1.165, 1.54) is 13.1 Å². The van der Waals surface area contributed by atoms with Gasteiger partial charge in [-0.25, -0.2) is 8.42 Å². The van der Waals surface area contributed by atoms with E-state index in [1.54, 1.807) is 0 Å². The van der Waals surface area contributed by atoms with E-state index in [1.807, 2.05) is 32.0 Å². The van der Waals surface area contributed by atoms with E-state index >= 15 is 0 Å². The van der Waals surface area contributed by atoms with Gasteiger partial charge in [0.2, 0.25) is 5.91 Å². The minimum absolute atomic E-state index is 0.0915. The maximum absolute atomic E-state index is 12.6. The minimum Gasteiger partial charge on any atom is -0.332 e. The van der Waals surface area contributed by atoms with Crippen molar-refractivity contribution in [3.63, 3.8) is 0 Å². The number of benzene rings is 2. The summed E-state index contributed by atoms with van der Waals surface area (Å²) in [5, 5.41) is 13.9. The zero-order valence-electron chi connectivity index (χ0n) is 16.4. The highest BCUT2D eigenvalue weighted by Crippen LogP contribution is 2.25. The monoisotopic (exact) mass is 419 g/mol. The van der Waals surface area contributed by atoms with Gasteiger partial charge in [-0.15, -0.1) is 0 Å². The van der Waals surface area contributed by atoms with Gasteiger partial charge in [0.25, 0.3) is 11.6 Å². The summed E-state index contributed by atoms with van der Waals surface area (Å²) in [5.41, 5.74) is 1.68. The van der Waals surface area contributed by atoms with Crippen LogP contribution in [0.25, 0.3) is 0 Å². The highest BCUT2D eigenvalue weighted by molar-refractivity contribution is 7.90. The van der Waals surface area contributed by atoms with Gasteiger partial charge >= 0.3 is 0 Å². The molecule has 154 valence electrons. The molecule has 0 atom stereocenters. The van der Waals surface area contributed by atoms with Crippen molar-refractivity contribution in [3.8, 4) is 0 Å². The topological polar surface area (TPSA) is 127 Å². The van der Waals surface area contributed by atoms with Crippen LogP contribution in [0.1, 0.15) is 21.5 Å². The van der Waals surface area contributed by atoms with Crippen molar-refractivity contribution in [1.29, 1.82) is 0 Å². The third kappa shape index (κ3) is 5.38. The van der Waals surface area contributed by atoms with Crippen LogP contribution in [0.2, 0.25) is 0 Å². The van der Waals surface area contributed by atoms with Gasteiger partial charge in [-0.1, -0.05) is 12.1 Å². The van der Waals surface area contributed by atoms with Crippen LogP contribution in [0.3, 0.4) is 0 Å². The number of rotatable bonds is 6.